The Balaban J connectivity index is 1.54. The summed E-state index contributed by atoms with van der Waals surface area (Å²) < 4.78 is 58.2. The van der Waals surface area contributed by atoms with E-state index in [0.29, 0.717) is 53.4 Å². The number of nitrogens with zero attached hydrogens (tertiary/aromatic N) is 4. The van der Waals surface area contributed by atoms with Crippen LogP contribution in [0.25, 0.3) is 10.9 Å². The van der Waals surface area contributed by atoms with Gasteiger partial charge < -0.3 is 15.0 Å². The lowest BCUT2D eigenvalue weighted by Crippen LogP contribution is -2.40. The Morgan fingerprint density at radius 1 is 1.14 bits per heavy atom. The fraction of sp³-hybridized carbons (Fsp3) is 0.600. The lowest BCUT2D eigenvalue weighted by Gasteiger charge is -2.32. The minimum atomic E-state index is -3.29. The minimum Gasteiger partial charge on any atom is -0.495 e. The third-order valence-electron chi connectivity index (χ3n) is 7.13. The number of anilines is 2. The number of hydrogen-bond acceptors (Lipinski definition) is 8. The van der Waals surface area contributed by atoms with Crippen LogP contribution in [0, 0.1) is 11.8 Å². The van der Waals surface area contributed by atoms with E-state index in [9.17, 15) is 17.2 Å². The molecule has 3 aliphatic rings. The molecule has 11 heteroatoms. The third kappa shape index (κ3) is 5.34. The zero-order valence-electron chi connectivity index (χ0n) is 20.4. The summed E-state index contributed by atoms with van der Waals surface area (Å²) in [6.45, 7) is 3.02. The first kappa shape index (κ1) is 25.0. The maximum Gasteiger partial charge on any atom is 0.251 e. The van der Waals surface area contributed by atoms with E-state index in [0.717, 1.165) is 13.1 Å². The van der Waals surface area contributed by atoms with Gasteiger partial charge in [-0.05, 0) is 50.9 Å². The fourth-order valence-electron chi connectivity index (χ4n) is 4.99. The van der Waals surface area contributed by atoms with E-state index < -0.39 is 21.1 Å². The van der Waals surface area contributed by atoms with Gasteiger partial charge in [0.1, 0.15) is 16.9 Å². The normalized spacial score (nSPS) is 23.4. The summed E-state index contributed by atoms with van der Waals surface area (Å²) in [6, 6.07) is 3.58. The van der Waals surface area contributed by atoms with Crippen molar-refractivity contribution in [2.75, 3.05) is 55.8 Å². The molecule has 1 unspecified atom stereocenters. The summed E-state index contributed by atoms with van der Waals surface area (Å²) in [7, 11) is -1.73. The van der Waals surface area contributed by atoms with Crippen molar-refractivity contribution in [1.82, 2.24) is 14.9 Å². The molecule has 1 aromatic carbocycles. The molecule has 1 aromatic heterocycles. The molecule has 3 aliphatic heterocycles. The van der Waals surface area contributed by atoms with E-state index in [4.69, 9.17) is 4.74 Å². The van der Waals surface area contributed by atoms with Crippen molar-refractivity contribution < 1.29 is 21.9 Å². The van der Waals surface area contributed by atoms with Crippen LogP contribution in [0.4, 0.5) is 20.5 Å². The molecule has 5 rings (SSSR count). The van der Waals surface area contributed by atoms with Gasteiger partial charge in [-0.1, -0.05) is 11.8 Å². The SMILES string of the molecule is COc1cc2c(NC3CCCS3(=O)=O)nc(N3CCC(F)(F)CC3)nc2cc1C#CCN1CCCC1. The Hall–Kier alpha value is -2.71. The topological polar surface area (TPSA) is 87.7 Å². The van der Waals surface area contributed by atoms with Crippen molar-refractivity contribution in [2.24, 2.45) is 0 Å². The molecule has 3 saturated heterocycles. The van der Waals surface area contributed by atoms with Gasteiger partial charge >= 0.3 is 0 Å². The number of methoxy groups -OCH3 is 1. The average Bonchev–Trinajstić information content (AvgIpc) is 3.47. The van der Waals surface area contributed by atoms with E-state index in [-0.39, 0.29) is 31.7 Å². The molecular weight excluding hydrogens is 488 g/mol. The number of benzene rings is 1. The summed E-state index contributed by atoms with van der Waals surface area (Å²) >= 11 is 0. The second-order valence-corrected chi connectivity index (χ2v) is 12.0. The van der Waals surface area contributed by atoms with Crippen LogP contribution < -0.4 is 15.0 Å². The van der Waals surface area contributed by atoms with Gasteiger partial charge in [-0.3, -0.25) is 4.90 Å². The Morgan fingerprint density at radius 3 is 2.56 bits per heavy atom. The second-order valence-electron chi connectivity index (χ2n) is 9.71. The molecule has 0 amide bonds. The number of ether oxygens (including phenoxy) is 1. The van der Waals surface area contributed by atoms with Crippen molar-refractivity contribution in [2.45, 2.75) is 49.8 Å². The molecule has 2 aromatic rings. The number of likely N-dealkylation sites (tertiary alicyclic amines) is 1. The second kappa shape index (κ2) is 9.98. The maximum absolute atomic E-state index is 13.8. The smallest absolute Gasteiger partial charge is 0.251 e. The predicted octanol–water partition coefficient (Wildman–Crippen LogP) is 3.27. The molecule has 0 saturated carbocycles. The number of halogens is 2. The summed E-state index contributed by atoms with van der Waals surface area (Å²) in [5.74, 6) is 5.05. The van der Waals surface area contributed by atoms with Gasteiger partial charge in [0.25, 0.3) is 5.92 Å². The molecule has 3 fully saturated rings. The Morgan fingerprint density at radius 2 is 1.89 bits per heavy atom. The highest BCUT2D eigenvalue weighted by atomic mass is 32.2. The van der Waals surface area contributed by atoms with E-state index in [2.05, 4.69) is 32.0 Å². The van der Waals surface area contributed by atoms with Gasteiger partial charge in [0, 0.05) is 31.3 Å². The maximum atomic E-state index is 13.8. The van der Waals surface area contributed by atoms with Crippen LogP contribution in [0.5, 0.6) is 5.75 Å². The highest BCUT2D eigenvalue weighted by Crippen LogP contribution is 2.34. The first-order chi connectivity index (χ1) is 17.2. The molecule has 0 aliphatic carbocycles. The van der Waals surface area contributed by atoms with Crippen LogP contribution in [0.15, 0.2) is 12.1 Å². The van der Waals surface area contributed by atoms with Crippen LogP contribution in [0.2, 0.25) is 0 Å². The fourth-order valence-corrected chi connectivity index (χ4v) is 6.66. The van der Waals surface area contributed by atoms with Crippen molar-refractivity contribution in [3.05, 3.63) is 17.7 Å². The molecule has 0 bridgehead atoms. The number of rotatable bonds is 5. The molecule has 1 N–H and O–H groups in total. The Kier molecular flexibility index (Phi) is 6.92. The number of sulfone groups is 1. The van der Waals surface area contributed by atoms with Gasteiger partial charge in [-0.15, -0.1) is 0 Å². The van der Waals surface area contributed by atoms with Crippen molar-refractivity contribution in [3.8, 4) is 17.6 Å². The molecule has 194 valence electrons. The number of hydrogen-bond donors (Lipinski definition) is 1. The number of nitrogens with one attached hydrogen (secondary N) is 1. The molecule has 1 atom stereocenters. The summed E-state index contributed by atoms with van der Waals surface area (Å²) in [4.78, 5) is 13.3. The molecule has 36 heavy (non-hydrogen) atoms. The zero-order chi connectivity index (χ0) is 25.3. The molecule has 0 radical (unpaired) electrons. The molecule has 0 spiro atoms. The van der Waals surface area contributed by atoms with Crippen molar-refractivity contribution >= 4 is 32.5 Å². The lowest BCUT2D eigenvalue weighted by atomic mass is 10.1. The minimum absolute atomic E-state index is 0.123. The average molecular weight is 520 g/mol. The van der Waals surface area contributed by atoms with Crippen molar-refractivity contribution in [1.29, 1.82) is 0 Å². The van der Waals surface area contributed by atoms with E-state index in [1.807, 2.05) is 6.07 Å². The number of alkyl halides is 2. The van der Waals surface area contributed by atoms with E-state index in [1.165, 1.54) is 12.8 Å². The van der Waals surface area contributed by atoms with Gasteiger partial charge in [-0.25, -0.2) is 22.2 Å². The third-order valence-corrected chi connectivity index (χ3v) is 9.21. The van der Waals surface area contributed by atoms with Crippen LogP contribution >= 0.6 is 0 Å². The Bertz CT molecular complexity index is 1290. The monoisotopic (exact) mass is 519 g/mol. The molecule has 8 nitrogen and oxygen atoms in total. The first-order valence-electron chi connectivity index (χ1n) is 12.5. The highest BCUT2D eigenvalue weighted by molar-refractivity contribution is 7.92. The van der Waals surface area contributed by atoms with Gasteiger partial charge in [0.2, 0.25) is 5.95 Å². The zero-order valence-corrected chi connectivity index (χ0v) is 21.2. The van der Waals surface area contributed by atoms with E-state index >= 15 is 0 Å². The summed E-state index contributed by atoms with van der Waals surface area (Å²) in [5, 5.41) is 2.96. The highest BCUT2D eigenvalue weighted by Gasteiger charge is 2.36. The predicted molar refractivity (Wildman–Crippen MR) is 135 cm³/mol. The largest absolute Gasteiger partial charge is 0.495 e. The van der Waals surface area contributed by atoms with Gasteiger partial charge in [0.05, 0.1) is 30.5 Å². The van der Waals surface area contributed by atoms with Crippen LogP contribution in [-0.2, 0) is 9.84 Å². The molecular formula is C25H31F2N5O3S. The van der Waals surface area contributed by atoms with Crippen LogP contribution in [0.3, 0.4) is 0 Å². The number of fused-ring (bicyclic) bond motifs is 1. The van der Waals surface area contributed by atoms with E-state index in [1.54, 1.807) is 18.1 Å². The first-order valence-corrected chi connectivity index (χ1v) is 14.2. The Labute approximate surface area is 210 Å². The van der Waals surface area contributed by atoms with Gasteiger partial charge in [-0.2, -0.15) is 4.98 Å². The summed E-state index contributed by atoms with van der Waals surface area (Å²) in [5.41, 5.74) is 1.22. The van der Waals surface area contributed by atoms with Crippen LogP contribution in [0.1, 0.15) is 44.1 Å². The number of piperidine rings is 1. The van der Waals surface area contributed by atoms with Gasteiger partial charge in [0.15, 0.2) is 9.84 Å². The molecule has 4 heterocycles. The van der Waals surface area contributed by atoms with Crippen LogP contribution in [-0.4, -0.2) is 80.2 Å². The summed E-state index contributed by atoms with van der Waals surface area (Å²) in [6.07, 6.45) is 2.90. The number of aromatic nitrogens is 2. The quantitative estimate of drug-likeness (QED) is 0.603. The lowest BCUT2D eigenvalue weighted by molar-refractivity contribution is -0.0222. The van der Waals surface area contributed by atoms with Crippen molar-refractivity contribution in [3.63, 3.8) is 0 Å². The standard InChI is InChI=1S/C25H31F2N5O3S/c1-35-21-17-19-20(16-18(21)6-4-12-31-10-2-3-11-31)28-24(32-13-8-25(26,27)9-14-32)30-23(19)29-22-7-5-15-36(22,33)34/h16-17,22H,2-3,5,7-15H2,1H3,(H,28,29,30).